The summed E-state index contributed by atoms with van der Waals surface area (Å²) in [6, 6.07) is 24.8. The number of rotatable bonds is 13. The predicted molar refractivity (Wildman–Crippen MR) is 169 cm³/mol. The second-order valence-electron chi connectivity index (χ2n) is 10.8. The van der Waals surface area contributed by atoms with Crippen LogP contribution in [0.5, 0.6) is 11.5 Å². The quantitative estimate of drug-likeness (QED) is 0.158. The maximum atomic E-state index is 12.9. The zero-order valence-corrected chi connectivity index (χ0v) is 26.8. The Bertz CT molecular complexity index is 1730. The zero-order valence-electron chi connectivity index (χ0n) is 26.0. The molecule has 5 rings (SSSR count). The van der Waals surface area contributed by atoms with E-state index in [9.17, 15) is 19.0 Å². The Morgan fingerprint density at radius 3 is 2.02 bits per heavy atom. The maximum Gasteiger partial charge on any atom is 0.353 e. The minimum absolute atomic E-state index is 0.151. The van der Waals surface area contributed by atoms with Gasteiger partial charge in [0.2, 0.25) is 0 Å². The summed E-state index contributed by atoms with van der Waals surface area (Å²) in [6.07, 6.45) is -1.32. The number of nitrogens with one attached hydrogen (secondary N) is 1. The predicted octanol–water partition coefficient (Wildman–Crippen LogP) is 4.33. The van der Waals surface area contributed by atoms with Crippen LogP contribution >= 0.6 is 7.60 Å². The Hall–Kier alpha value is -4.03. The molecule has 1 fully saturated rings. The Morgan fingerprint density at radius 1 is 0.913 bits per heavy atom. The largest absolute Gasteiger partial charge is 0.497 e. The topological polar surface area (TPSA) is 148 Å². The van der Waals surface area contributed by atoms with Crippen molar-refractivity contribution in [1.29, 1.82) is 0 Å². The van der Waals surface area contributed by atoms with Gasteiger partial charge in [-0.25, -0.2) is 4.79 Å². The summed E-state index contributed by atoms with van der Waals surface area (Å²) in [4.78, 5) is 37.3. The lowest BCUT2D eigenvalue weighted by Gasteiger charge is -2.39. The lowest BCUT2D eigenvalue weighted by Crippen LogP contribution is -2.41. The molecule has 0 aliphatic carbocycles. The summed E-state index contributed by atoms with van der Waals surface area (Å²) in [7, 11) is 0.331. The third-order valence-corrected chi connectivity index (χ3v) is 9.04. The van der Waals surface area contributed by atoms with E-state index in [0.717, 1.165) is 23.8 Å². The van der Waals surface area contributed by atoms with E-state index >= 15 is 0 Å². The van der Waals surface area contributed by atoms with Gasteiger partial charge < -0.3 is 33.1 Å². The van der Waals surface area contributed by atoms with Crippen molar-refractivity contribution in [2.24, 2.45) is 0 Å². The van der Waals surface area contributed by atoms with Crippen molar-refractivity contribution >= 4 is 7.60 Å². The van der Waals surface area contributed by atoms with Crippen LogP contribution in [0, 0.1) is 6.92 Å². The first-order valence-corrected chi connectivity index (χ1v) is 16.3. The fraction of sp³-hybridized carbons (Fsp3) is 0.333. The van der Waals surface area contributed by atoms with Crippen LogP contribution in [-0.2, 0) is 28.9 Å². The minimum Gasteiger partial charge on any atom is -0.497 e. The zero-order chi connectivity index (χ0) is 32.9. The van der Waals surface area contributed by atoms with Crippen molar-refractivity contribution in [2.75, 3.05) is 34.3 Å². The van der Waals surface area contributed by atoms with Gasteiger partial charge in [0.15, 0.2) is 0 Å². The molecule has 0 radical (unpaired) electrons. The fourth-order valence-corrected chi connectivity index (χ4v) is 5.98. The molecule has 46 heavy (non-hydrogen) atoms. The van der Waals surface area contributed by atoms with Gasteiger partial charge in [-0.05, 0) is 47.9 Å². The summed E-state index contributed by atoms with van der Waals surface area (Å²) < 4.78 is 48.2. The third-order valence-electron chi connectivity index (χ3n) is 7.96. The van der Waals surface area contributed by atoms with E-state index in [1.165, 1.54) is 10.8 Å². The van der Waals surface area contributed by atoms with E-state index in [1.54, 1.807) is 21.1 Å². The molecule has 3 aromatic carbocycles. The summed E-state index contributed by atoms with van der Waals surface area (Å²) in [6.45, 7) is 1.44. The molecule has 244 valence electrons. The second kappa shape index (κ2) is 14.2. The number of benzene rings is 3. The average molecular weight is 653 g/mol. The molecule has 1 aliphatic heterocycles. The third kappa shape index (κ3) is 7.02. The Kier molecular flexibility index (Phi) is 10.3. The van der Waals surface area contributed by atoms with Crippen molar-refractivity contribution in [2.45, 2.75) is 37.4 Å². The minimum atomic E-state index is -3.98. The van der Waals surface area contributed by atoms with Gasteiger partial charge in [-0.2, -0.15) is 0 Å². The highest BCUT2D eigenvalue weighted by atomic mass is 31.2. The molecule has 2 heterocycles. The molecule has 4 atom stereocenters. The first-order valence-electron chi connectivity index (χ1n) is 14.6. The number of aryl methyl sites for hydroxylation is 1. The van der Waals surface area contributed by atoms with E-state index in [2.05, 4.69) is 9.51 Å². The van der Waals surface area contributed by atoms with E-state index in [4.69, 9.17) is 23.7 Å². The van der Waals surface area contributed by atoms with Gasteiger partial charge in [-0.3, -0.25) is 18.9 Å². The summed E-state index contributed by atoms with van der Waals surface area (Å²) in [5, 5.41) is 0. The first-order chi connectivity index (χ1) is 22.1. The number of aromatic nitrogens is 2. The number of nitrogens with zero attached hydrogens (tertiary/aromatic N) is 1. The molecule has 0 bridgehead atoms. The number of hydrogen-bond acceptors (Lipinski definition) is 9. The van der Waals surface area contributed by atoms with Crippen LogP contribution < -0.4 is 20.7 Å². The van der Waals surface area contributed by atoms with Crippen LogP contribution in [0.15, 0.2) is 94.6 Å². The van der Waals surface area contributed by atoms with Crippen molar-refractivity contribution in [3.8, 4) is 11.5 Å². The maximum absolute atomic E-state index is 12.9. The smallest absolute Gasteiger partial charge is 0.353 e. The molecule has 1 aromatic heterocycles. The lowest BCUT2D eigenvalue weighted by molar-refractivity contribution is -0.106. The van der Waals surface area contributed by atoms with Gasteiger partial charge in [-0.15, -0.1) is 0 Å². The van der Waals surface area contributed by atoms with Crippen molar-refractivity contribution in [1.82, 2.24) is 9.55 Å². The number of ether oxygens (including phenoxy) is 5. The molecule has 2 N–H and O–H groups in total. The lowest BCUT2D eigenvalue weighted by atomic mass is 9.79. The van der Waals surface area contributed by atoms with Gasteiger partial charge in [0.25, 0.3) is 5.56 Å². The Morgan fingerprint density at radius 2 is 1.48 bits per heavy atom. The van der Waals surface area contributed by atoms with Gasteiger partial charge in [0, 0.05) is 25.3 Å². The molecule has 13 heteroatoms. The van der Waals surface area contributed by atoms with Crippen LogP contribution in [0.4, 0.5) is 0 Å². The van der Waals surface area contributed by atoms with Gasteiger partial charge in [-0.1, -0.05) is 54.6 Å². The van der Waals surface area contributed by atoms with Gasteiger partial charge >= 0.3 is 13.3 Å². The van der Waals surface area contributed by atoms with Crippen molar-refractivity contribution in [3.05, 3.63) is 128 Å². The molecule has 12 nitrogen and oxygen atoms in total. The number of hydrogen-bond donors (Lipinski definition) is 2. The van der Waals surface area contributed by atoms with Crippen LogP contribution in [0.25, 0.3) is 0 Å². The molecule has 1 aliphatic rings. The van der Waals surface area contributed by atoms with E-state index in [-0.39, 0.29) is 13.0 Å². The van der Waals surface area contributed by atoms with Crippen LogP contribution in [0.1, 0.15) is 34.9 Å². The Labute approximate surface area is 266 Å². The molecule has 0 amide bonds. The highest BCUT2D eigenvalue weighted by molar-refractivity contribution is 7.52. The van der Waals surface area contributed by atoms with E-state index < -0.39 is 49.2 Å². The molecule has 4 aromatic rings. The van der Waals surface area contributed by atoms with E-state index in [0.29, 0.717) is 17.1 Å². The molecule has 1 unspecified atom stereocenters. The van der Waals surface area contributed by atoms with Crippen LogP contribution in [0.3, 0.4) is 0 Å². The summed E-state index contributed by atoms with van der Waals surface area (Å²) in [5.74, 6) is 1.32. The molecule has 1 saturated heterocycles. The standard InChI is InChI=1S/C33H37N2O10P/c1-22-19-35(32(37)34-31(22)36)30-18-28(29(44-30)20-43-21-46(38,39)42-4)45-33(23-8-6-5-7-9-23,24-10-14-26(40-2)15-11-24)25-12-16-27(41-3)17-13-25/h5-17,19,28-30H,18,20-21H2,1-4H3,(H,38,39)(H,34,36,37)/t28-,29+,30+/m0/s1. The van der Waals surface area contributed by atoms with Gasteiger partial charge in [0.05, 0.1) is 26.9 Å². The SMILES string of the molecule is COc1ccc(C(O[C@H]2C[C@H](n3cc(C)c(=O)[nH]c3=O)O[C@@H]2COCP(=O)(O)OC)(c2ccccc2)c2ccc(OC)cc2)cc1. The van der Waals surface area contributed by atoms with Crippen LogP contribution in [-0.4, -0.2) is 60.9 Å². The van der Waals surface area contributed by atoms with Gasteiger partial charge in [0.1, 0.15) is 35.8 Å². The molecular weight excluding hydrogens is 615 g/mol. The highest BCUT2D eigenvalue weighted by Crippen LogP contribution is 2.46. The Balaban J connectivity index is 1.64. The number of aromatic amines is 1. The summed E-state index contributed by atoms with van der Waals surface area (Å²) >= 11 is 0. The van der Waals surface area contributed by atoms with Crippen molar-refractivity contribution in [3.63, 3.8) is 0 Å². The monoisotopic (exact) mass is 652 g/mol. The molecular formula is C33H37N2O10P. The van der Waals surface area contributed by atoms with E-state index in [1.807, 2.05) is 78.9 Å². The second-order valence-corrected chi connectivity index (χ2v) is 12.7. The van der Waals surface area contributed by atoms with Crippen LogP contribution in [0.2, 0.25) is 0 Å². The fourth-order valence-electron chi connectivity index (χ4n) is 5.54. The molecule has 0 spiro atoms. The average Bonchev–Trinajstić information content (AvgIpc) is 3.47. The number of methoxy groups -OCH3 is 2. The summed E-state index contributed by atoms with van der Waals surface area (Å²) in [5.41, 5.74) is 0.354. The van der Waals surface area contributed by atoms with Crippen molar-refractivity contribution < 1.29 is 37.7 Å². The first kappa shape index (κ1) is 33.3. The number of H-pyrrole nitrogens is 1. The normalized spacial score (nSPS) is 19.5. The highest BCUT2D eigenvalue weighted by Gasteiger charge is 2.46. The molecule has 0 saturated carbocycles.